The SMILES string of the molecule is COc1cc2c(cc1OCc1cc(COc3cc4c(cc3C)C(=O)N3Cc5ccccc5CC3C=N4)cc(N(C)C(=O)OCc3ccc(CC(=O)[C@H](C)NC(=O)[C@@H](CC(=O)CCOCCOCCOCCOCCOCCOCCOCCOCCCC(=O)CCC4C(=O)C=CC4=O)C(C)C)cc3)c1)N=CC1Cc3ccccc3CN1C2=O. The fourth-order valence-corrected chi connectivity index (χ4v) is 14.4. The summed E-state index contributed by atoms with van der Waals surface area (Å²) < 4.78 is 69.2. The van der Waals surface area contributed by atoms with Gasteiger partial charge in [0.15, 0.2) is 28.8 Å². The van der Waals surface area contributed by atoms with E-state index < -0.39 is 24.0 Å². The molecule has 0 saturated heterocycles. The highest BCUT2D eigenvalue weighted by atomic mass is 16.6. The van der Waals surface area contributed by atoms with Crippen LogP contribution in [0.15, 0.2) is 137 Å². The lowest BCUT2D eigenvalue weighted by Gasteiger charge is -2.34. The summed E-state index contributed by atoms with van der Waals surface area (Å²) in [7, 11) is 3.12. The van der Waals surface area contributed by atoms with Crippen molar-refractivity contribution < 1.29 is 100.0 Å². The molecule has 6 aromatic rings. The molecule has 0 radical (unpaired) electrons. The van der Waals surface area contributed by atoms with Crippen LogP contribution in [-0.2, 0) is 124 Å². The lowest BCUT2D eigenvalue weighted by molar-refractivity contribution is -0.133. The standard InChI is InChI=1S/C91H108N6O21/c1-60(2)77(49-75(99)25-27-109-29-31-111-33-35-113-37-39-115-41-40-114-38-36-112-34-32-110-30-28-108-26-11-16-74(98)21-22-76-82(100)23-24-83(76)101)88(103)94-62(4)84(102)46-63-17-19-64(20-18-63)57-118-91(106)95(5)71-44-65(58-116-85-51-80-78(42-61(85)3)89(104)96-55-69-14-9-7-12-67(69)47-72(96)53-92-80)43-66(45-71)59-117-87-52-81-79(50-86(87)107-6)90(105)97-56-70-15-10-8-13-68(70)48-73(97)54-93-81/h7-10,12-15,17-20,23-24,42-45,50-54,60,62,72-73,76-77H,11,16,21-22,25-41,46-49,55-59H2,1-6H3,(H,94,103)/t62-,72?,73?,77-/m0/s1. The van der Waals surface area contributed by atoms with E-state index in [1.807, 2.05) is 97.6 Å². The van der Waals surface area contributed by atoms with Crippen molar-refractivity contribution in [1.82, 2.24) is 15.1 Å². The van der Waals surface area contributed by atoms with Crippen LogP contribution in [0.2, 0.25) is 0 Å². The third-order valence-corrected chi connectivity index (χ3v) is 21.3. The molecule has 11 rings (SSSR count). The zero-order valence-corrected chi connectivity index (χ0v) is 68.3. The van der Waals surface area contributed by atoms with Crippen molar-refractivity contribution >= 4 is 82.2 Å². The summed E-state index contributed by atoms with van der Waals surface area (Å²) in [6.07, 6.45) is 8.40. The van der Waals surface area contributed by atoms with Crippen LogP contribution < -0.4 is 24.4 Å². The number of aryl methyl sites for hydroxylation is 1. The van der Waals surface area contributed by atoms with Gasteiger partial charge in [0.25, 0.3) is 11.8 Å². The number of nitrogens with zero attached hydrogens (tertiary/aromatic N) is 5. The molecule has 27 nitrogen and oxygen atoms in total. The summed E-state index contributed by atoms with van der Waals surface area (Å²) in [6, 6.07) is 34.7. The van der Waals surface area contributed by atoms with Gasteiger partial charge in [0.1, 0.15) is 37.1 Å². The molecule has 4 atom stereocenters. The normalized spacial score (nSPS) is 15.8. The van der Waals surface area contributed by atoms with E-state index in [-0.39, 0.29) is 130 Å². The number of fused-ring (bicyclic) bond motifs is 6. The van der Waals surface area contributed by atoms with Gasteiger partial charge in [-0.05, 0) is 138 Å². The Kier molecular flexibility index (Phi) is 33.6. The molecule has 1 N–H and O–H groups in total. The highest BCUT2D eigenvalue weighted by molar-refractivity contribution is 6.18. The number of allylic oxidation sites excluding steroid dienone is 2. The number of hydrogen-bond acceptors (Lipinski definition) is 23. The Labute approximate surface area is 689 Å². The Hall–Kier alpha value is -10.5. The van der Waals surface area contributed by atoms with Crippen LogP contribution in [-0.4, -0.2) is 213 Å². The highest BCUT2D eigenvalue weighted by Gasteiger charge is 2.36. The smallest absolute Gasteiger partial charge is 0.414 e. The molecule has 5 aliphatic rings. The van der Waals surface area contributed by atoms with Crippen molar-refractivity contribution in [3.05, 3.63) is 189 Å². The Morgan fingerprint density at radius 1 is 0.508 bits per heavy atom. The largest absolute Gasteiger partial charge is 0.493 e. The first-order valence-corrected chi connectivity index (χ1v) is 40.6. The fraction of sp³-hybridized carbons (Fsp3) is 0.462. The van der Waals surface area contributed by atoms with Gasteiger partial charge in [-0.25, -0.2) is 4.79 Å². The predicted octanol–water partition coefficient (Wildman–Crippen LogP) is 11.3. The minimum absolute atomic E-state index is 0.00110. The lowest BCUT2D eigenvalue weighted by Crippen LogP contribution is -2.44. The molecular weight excluding hydrogens is 1510 g/mol. The number of nitrogens with one attached hydrogen (secondary N) is 1. The predicted molar refractivity (Wildman–Crippen MR) is 440 cm³/mol. The topological polar surface area (TPSA) is 311 Å². The number of methoxy groups -OCH3 is 1. The van der Waals surface area contributed by atoms with Gasteiger partial charge >= 0.3 is 6.09 Å². The molecule has 4 aliphatic heterocycles. The van der Waals surface area contributed by atoms with E-state index in [4.69, 9.17) is 66.8 Å². The van der Waals surface area contributed by atoms with Gasteiger partial charge < -0.3 is 72.0 Å². The van der Waals surface area contributed by atoms with Crippen LogP contribution >= 0.6 is 0 Å². The second kappa shape index (κ2) is 44.9. The number of hydrogen-bond donors (Lipinski definition) is 1. The number of rotatable bonds is 49. The molecule has 1 aliphatic carbocycles. The second-order valence-electron chi connectivity index (χ2n) is 30.2. The van der Waals surface area contributed by atoms with Crippen molar-refractivity contribution in [1.29, 1.82) is 0 Å². The first kappa shape index (κ1) is 88.3. The van der Waals surface area contributed by atoms with Gasteiger partial charge in [0.05, 0.1) is 153 Å². The van der Waals surface area contributed by atoms with Crippen molar-refractivity contribution in [2.24, 2.45) is 27.7 Å². The molecule has 4 amide bonds. The third kappa shape index (κ3) is 25.5. The zero-order chi connectivity index (χ0) is 83.3. The van der Waals surface area contributed by atoms with E-state index in [9.17, 15) is 43.2 Å². The number of anilines is 1. The number of Topliss-reactive ketones (excluding diaryl/α,β-unsaturated/α-hetero) is 3. The quantitative estimate of drug-likeness (QED) is 0.0274. The van der Waals surface area contributed by atoms with Crippen LogP contribution in [0.4, 0.5) is 21.9 Å². The van der Waals surface area contributed by atoms with Crippen LogP contribution in [0.25, 0.3) is 0 Å². The van der Waals surface area contributed by atoms with Crippen LogP contribution in [0, 0.1) is 24.7 Å². The molecule has 0 bridgehead atoms. The Morgan fingerprint density at radius 3 is 1.50 bits per heavy atom. The Bertz CT molecular complexity index is 4560. The van der Waals surface area contributed by atoms with E-state index in [2.05, 4.69) is 23.5 Å². The number of ketones is 5. The summed E-state index contributed by atoms with van der Waals surface area (Å²) in [5.74, 6) is -1.74. The molecule has 0 spiro atoms. The average Bonchev–Trinajstić information content (AvgIpc) is 1.57. The molecule has 27 heteroatoms. The molecular formula is C91H108N6O21. The molecule has 628 valence electrons. The number of carbonyl (C=O) groups excluding carboxylic acids is 9. The van der Waals surface area contributed by atoms with Gasteiger partial charge in [-0.1, -0.05) is 86.6 Å². The molecule has 6 aromatic carbocycles. The second-order valence-corrected chi connectivity index (χ2v) is 30.2. The van der Waals surface area contributed by atoms with Crippen molar-refractivity contribution in [2.75, 3.05) is 125 Å². The molecule has 0 fully saturated rings. The Balaban J connectivity index is 0.564. The summed E-state index contributed by atoms with van der Waals surface area (Å²) in [6.45, 7) is 14.1. The molecule has 0 saturated carbocycles. The van der Waals surface area contributed by atoms with E-state index in [1.165, 1.54) is 35.3 Å². The van der Waals surface area contributed by atoms with E-state index >= 15 is 0 Å². The van der Waals surface area contributed by atoms with Gasteiger partial charge in [0, 0.05) is 95.0 Å². The van der Waals surface area contributed by atoms with Gasteiger partial charge in [-0.15, -0.1) is 0 Å². The van der Waals surface area contributed by atoms with Gasteiger partial charge in [-0.3, -0.25) is 53.2 Å². The maximum absolute atomic E-state index is 14.2. The van der Waals surface area contributed by atoms with E-state index in [0.717, 1.165) is 16.7 Å². The number of amides is 4. The average molecular weight is 1620 g/mol. The first-order chi connectivity index (χ1) is 57.3. The van der Waals surface area contributed by atoms with Crippen LogP contribution in [0.3, 0.4) is 0 Å². The maximum Gasteiger partial charge on any atom is 0.414 e. The number of aliphatic imine (C=N–C) groups is 2. The summed E-state index contributed by atoms with van der Waals surface area (Å²) >= 11 is 0. The minimum Gasteiger partial charge on any atom is -0.493 e. The summed E-state index contributed by atoms with van der Waals surface area (Å²) in [5.41, 5.74) is 10.3. The van der Waals surface area contributed by atoms with Crippen molar-refractivity contribution in [3.63, 3.8) is 0 Å². The van der Waals surface area contributed by atoms with Crippen molar-refractivity contribution in [3.8, 4) is 17.2 Å². The third-order valence-electron chi connectivity index (χ3n) is 21.3. The summed E-state index contributed by atoms with van der Waals surface area (Å²) in [5, 5.41) is 2.84. The number of carbonyl (C=O) groups is 9. The highest BCUT2D eigenvalue weighted by Crippen LogP contribution is 2.40. The Morgan fingerprint density at radius 2 is 0.983 bits per heavy atom. The molecule has 118 heavy (non-hydrogen) atoms. The maximum atomic E-state index is 14.2. The molecule has 0 aromatic heterocycles. The van der Waals surface area contributed by atoms with E-state index in [1.54, 1.807) is 56.4 Å². The number of benzene rings is 6. The van der Waals surface area contributed by atoms with Crippen LogP contribution in [0.5, 0.6) is 17.2 Å². The van der Waals surface area contributed by atoms with E-state index in [0.29, 0.717) is 199 Å². The van der Waals surface area contributed by atoms with Crippen LogP contribution in [0.1, 0.15) is 130 Å². The minimum atomic E-state index is -0.836. The molecule has 4 heterocycles. The lowest BCUT2D eigenvalue weighted by atomic mass is 9.88. The first-order valence-electron chi connectivity index (χ1n) is 40.6. The van der Waals surface area contributed by atoms with Gasteiger partial charge in [-0.2, -0.15) is 0 Å². The summed E-state index contributed by atoms with van der Waals surface area (Å²) in [4.78, 5) is 133. The van der Waals surface area contributed by atoms with Crippen molar-refractivity contribution in [2.45, 2.75) is 137 Å². The number of ether oxygens (including phenoxy) is 12. The zero-order valence-electron chi connectivity index (χ0n) is 68.3. The molecule has 2 unspecified atom stereocenters. The fourth-order valence-electron chi connectivity index (χ4n) is 14.4. The monoisotopic (exact) mass is 1620 g/mol. The van der Waals surface area contributed by atoms with Gasteiger partial charge in [0.2, 0.25) is 5.91 Å².